The lowest BCUT2D eigenvalue weighted by Gasteiger charge is -2.25. The number of nitriles is 1. The third-order valence-corrected chi connectivity index (χ3v) is 5.68. The van der Waals surface area contributed by atoms with E-state index in [4.69, 9.17) is 9.78 Å². The highest BCUT2D eigenvalue weighted by Gasteiger charge is 2.39. The minimum atomic E-state index is -0.0723. The Morgan fingerprint density at radius 3 is 2.96 bits per heavy atom. The van der Waals surface area contributed by atoms with Crippen molar-refractivity contribution in [1.82, 2.24) is 15.0 Å². The van der Waals surface area contributed by atoms with E-state index in [9.17, 15) is 4.79 Å². The van der Waals surface area contributed by atoms with Crippen LogP contribution in [-0.2, 0) is 11.2 Å². The Balaban J connectivity index is 1.37. The molecule has 2 unspecified atom stereocenters. The van der Waals surface area contributed by atoms with E-state index in [1.807, 2.05) is 17.0 Å². The molecule has 0 N–H and O–H groups in total. The number of aromatic nitrogens is 2. The maximum atomic E-state index is 12.7. The number of rotatable bonds is 3. The minimum absolute atomic E-state index is 0.0723. The quantitative estimate of drug-likeness (QED) is 0.703. The molecule has 0 radical (unpaired) electrons. The van der Waals surface area contributed by atoms with E-state index >= 15 is 0 Å². The highest BCUT2D eigenvalue weighted by molar-refractivity contribution is 5.80. The second kappa shape index (κ2) is 6.61. The molecule has 2 heterocycles. The van der Waals surface area contributed by atoms with E-state index in [0.717, 1.165) is 12.8 Å². The van der Waals surface area contributed by atoms with Crippen LogP contribution in [0.1, 0.15) is 47.3 Å². The molecular weight excluding hydrogens is 352 g/mol. The van der Waals surface area contributed by atoms with Crippen LogP contribution in [0.5, 0.6) is 0 Å². The fourth-order valence-electron chi connectivity index (χ4n) is 4.30. The summed E-state index contributed by atoms with van der Waals surface area (Å²) in [6.07, 6.45) is 2.38. The van der Waals surface area contributed by atoms with Gasteiger partial charge >= 0.3 is 0 Å². The standard InChI is InChI=1S/C22H18N4O2/c23-12-14-4-3-6-16(10-14)22-24-21(25-28-22)17-11-20(27)26(13-17)19-9-8-15-5-1-2-7-18(15)19/h1-7,10,17,19H,8-9,11,13H2. The number of benzene rings is 2. The minimum Gasteiger partial charge on any atom is -0.335 e. The summed E-state index contributed by atoms with van der Waals surface area (Å²) in [5, 5.41) is 13.2. The van der Waals surface area contributed by atoms with Crippen LogP contribution in [0.15, 0.2) is 53.1 Å². The first-order chi connectivity index (χ1) is 13.7. The Labute approximate surface area is 162 Å². The van der Waals surface area contributed by atoms with Crippen molar-refractivity contribution in [2.24, 2.45) is 0 Å². The molecular formula is C22H18N4O2. The van der Waals surface area contributed by atoms with Crippen LogP contribution < -0.4 is 0 Å². The summed E-state index contributed by atoms with van der Waals surface area (Å²) in [6, 6.07) is 17.7. The van der Waals surface area contributed by atoms with Crippen LogP contribution in [0.4, 0.5) is 0 Å². The number of aryl methyl sites for hydroxylation is 1. The molecule has 0 spiro atoms. The Morgan fingerprint density at radius 2 is 2.07 bits per heavy atom. The number of fused-ring (bicyclic) bond motifs is 1. The average Bonchev–Trinajstić information content (AvgIpc) is 3.46. The van der Waals surface area contributed by atoms with Gasteiger partial charge in [0.1, 0.15) is 0 Å². The first-order valence-electron chi connectivity index (χ1n) is 9.44. The van der Waals surface area contributed by atoms with Gasteiger partial charge in [-0.2, -0.15) is 10.2 Å². The molecule has 0 saturated carbocycles. The van der Waals surface area contributed by atoms with E-state index in [2.05, 4.69) is 34.4 Å². The van der Waals surface area contributed by atoms with Crippen molar-refractivity contribution in [2.45, 2.75) is 31.2 Å². The smallest absolute Gasteiger partial charge is 0.257 e. The summed E-state index contributed by atoms with van der Waals surface area (Å²) in [4.78, 5) is 19.2. The van der Waals surface area contributed by atoms with Gasteiger partial charge in [-0.1, -0.05) is 35.5 Å². The molecule has 2 aliphatic rings. The molecule has 6 heteroatoms. The summed E-state index contributed by atoms with van der Waals surface area (Å²) < 4.78 is 5.41. The molecule has 2 aromatic carbocycles. The monoisotopic (exact) mass is 370 g/mol. The molecule has 1 aliphatic carbocycles. The zero-order chi connectivity index (χ0) is 19.1. The summed E-state index contributed by atoms with van der Waals surface area (Å²) in [5.41, 5.74) is 3.85. The first kappa shape index (κ1) is 16.7. The number of carbonyl (C=O) groups is 1. The third kappa shape index (κ3) is 2.76. The number of carbonyl (C=O) groups excluding carboxylic acids is 1. The van der Waals surface area contributed by atoms with Gasteiger partial charge < -0.3 is 9.42 Å². The van der Waals surface area contributed by atoms with Crippen molar-refractivity contribution >= 4 is 5.91 Å². The molecule has 1 amide bonds. The molecule has 3 aromatic rings. The van der Waals surface area contributed by atoms with E-state index < -0.39 is 0 Å². The normalized spacial score (nSPS) is 21.0. The lowest BCUT2D eigenvalue weighted by molar-refractivity contribution is -0.129. The van der Waals surface area contributed by atoms with Gasteiger partial charge in [0, 0.05) is 24.4 Å². The van der Waals surface area contributed by atoms with Gasteiger partial charge in [0.05, 0.1) is 17.7 Å². The van der Waals surface area contributed by atoms with Gasteiger partial charge in [0.15, 0.2) is 5.82 Å². The van der Waals surface area contributed by atoms with Crippen molar-refractivity contribution in [3.63, 3.8) is 0 Å². The molecule has 28 heavy (non-hydrogen) atoms. The summed E-state index contributed by atoms with van der Waals surface area (Å²) in [5.74, 6) is 1.00. The molecule has 0 bridgehead atoms. The predicted molar refractivity (Wildman–Crippen MR) is 101 cm³/mol. The van der Waals surface area contributed by atoms with E-state index in [0.29, 0.717) is 35.8 Å². The maximum Gasteiger partial charge on any atom is 0.257 e. The summed E-state index contributed by atoms with van der Waals surface area (Å²) in [7, 11) is 0. The summed E-state index contributed by atoms with van der Waals surface area (Å²) >= 11 is 0. The lowest BCUT2D eigenvalue weighted by Crippen LogP contribution is -2.28. The molecule has 1 aromatic heterocycles. The van der Waals surface area contributed by atoms with Crippen LogP contribution in [0.25, 0.3) is 11.5 Å². The van der Waals surface area contributed by atoms with Gasteiger partial charge in [-0.05, 0) is 42.2 Å². The van der Waals surface area contributed by atoms with Crippen molar-refractivity contribution in [3.8, 4) is 17.5 Å². The third-order valence-electron chi connectivity index (χ3n) is 5.68. The number of hydrogen-bond donors (Lipinski definition) is 0. The fourth-order valence-corrected chi connectivity index (χ4v) is 4.30. The number of hydrogen-bond acceptors (Lipinski definition) is 5. The van der Waals surface area contributed by atoms with Gasteiger partial charge in [0.2, 0.25) is 5.91 Å². The molecule has 5 rings (SSSR count). The molecule has 138 valence electrons. The highest BCUT2D eigenvalue weighted by atomic mass is 16.5. The zero-order valence-electron chi connectivity index (χ0n) is 15.2. The van der Waals surface area contributed by atoms with Gasteiger partial charge in [-0.25, -0.2) is 0 Å². The van der Waals surface area contributed by atoms with Gasteiger partial charge in [-0.15, -0.1) is 0 Å². The topological polar surface area (TPSA) is 83.0 Å². The van der Waals surface area contributed by atoms with Crippen molar-refractivity contribution in [3.05, 3.63) is 71.0 Å². The van der Waals surface area contributed by atoms with Crippen LogP contribution in [-0.4, -0.2) is 27.5 Å². The first-order valence-corrected chi connectivity index (χ1v) is 9.44. The molecule has 1 fully saturated rings. The predicted octanol–water partition coefficient (Wildman–Crippen LogP) is 3.61. The van der Waals surface area contributed by atoms with Gasteiger partial charge in [0.25, 0.3) is 5.89 Å². The zero-order valence-corrected chi connectivity index (χ0v) is 15.2. The molecule has 1 aliphatic heterocycles. The second-order valence-corrected chi connectivity index (χ2v) is 7.35. The molecule has 2 atom stereocenters. The Bertz CT molecular complexity index is 1100. The van der Waals surface area contributed by atoms with Crippen LogP contribution in [0, 0.1) is 11.3 Å². The van der Waals surface area contributed by atoms with Crippen LogP contribution in [0.2, 0.25) is 0 Å². The Morgan fingerprint density at radius 1 is 1.18 bits per heavy atom. The van der Waals surface area contributed by atoms with E-state index in [-0.39, 0.29) is 17.9 Å². The SMILES string of the molecule is N#Cc1cccc(-c2nc(C3CC(=O)N(C4CCc5ccccc54)C3)no2)c1. The maximum absolute atomic E-state index is 12.7. The largest absolute Gasteiger partial charge is 0.335 e. The van der Waals surface area contributed by atoms with Crippen molar-refractivity contribution < 1.29 is 9.32 Å². The highest BCUT2D eigenvalue weighted by Crippen LogP contribution is 2.40. The summed E-state index contributed by atoms with van der Waals surface area (Å²) in [6.45, 7) is 0.606. The Kier molecular flexibility index (Phi) is 3.94. The lowest BCUT2D eigenvalue weighted by atomic mass is 10.1. The van der Waals surface area contributed by atoms with E-state index in [1.165, 1.54) is 11.1 Å². The number of amides is 1. The average molecular weight is 370 g/mol. The number of likely N-dealkylation sites (tertiary alicyclic amines) is 1. The second-order valence-electron chi connectivity index (χ2n) is 7.35. The van der Waals surface area contributed by atoms with Gasteiger partial charge in [-0.3, -0.25) is 4.79 Å². The fraction of sp³-hybridized carbons (Fsp3) is 0.273. The number of nitrogens with zero attached hydrogens (tertiary/aromatic N) is 4. The van der Waals surface area contributed by atoms with Crippen LogP contribution in [0.3, 0.4) is 0 Å². The van der Waals surface area contributed by atoms with Crippen LogP contribution >= 0.6 is 0 Å². The van der Waals surface area contributed by atoms with Crippen molar-refractivity contribution in [1.29, 1.82) is 5.26 Å². The van der Waals surface area contributed by atoms with E-state index in [1.54, 1.807) is 18.2 Å². The molecule has 1 saturated heterocycles. The Hall–Kier alpha value is -3.46. The van der Waals surface area contributed by atoms with Crippen molar-refractivity contribution in [2.75, 3.05) is 6.54 Å². The molecule has 6 nitrogen and oxygen atoms in total.